The molecule has 0 bridgehead atoms. The summed E-state index contributed by atoms with van der Waals surface area (Å²) in [5.41, 5.74) is 1.03. The van der Waals surface area contributed by atoms with Crippen LogP contribution in [0.4, 0.5) is 5.69 Å². The molecule has 2 aromatic rings. The highest BCUT2D eigenvalue weighted by Gasteiger charge is 2.15. The lowest BCUT2D eigenvalue weighted by molar-refractivity contribution is -0.115. The molecule has 0 unspecified atom stereocenters. The zero-order valence-electron chi connectivity index (χ0n) is 12.3. The van der Waals surface area contributed by atoms with E-state index in [-0.39, 0.29) is 10.8 Å². The van der Waals surface area contributed by atoms with Crippen LogP contribution in [0, 0.1) is 0 Å². The molecule has 120 valence electrons. The first kappa shape index (κ1) is 17.1. The van der Waals surface area contributed by atoms with Gasteiger partial charge < -0.3 is 5.32 Å². The molecule has 2 N–H and O–H groups in total. The van der Waals surface area contributed by atoms with Crippen LogP contribution >= 0.6 is 11.6 Å². The standard InChI is InChI=1S/C16H15ClN2O3S/c1-18-16(20)11-8-12-6-9-13(10-7-12)23(21,22)19-15-5-3-2-4-14(15)17/h2-11,19H,1H3,(H,18,20)/b11-8+. The smallest absolute Gasteiger partial charge is 0.261 e. The third-order valence-corrected chi connectivity index (χ3v) is 4.69. The van der Waals surface area contributed by atoms with Gasteiger partial charge in [0.15, 0.2) is 0 Å². The predicted molar refractivity (Wildman–Crippen MR) is 91.8 cm³/mol. The number of hydrogen-bond donors (Lipinski definition) is 2. The maximum Gasteiger partial charge on any atom is 0.261 e. The molecule has 0 aliphatic carbocycles. The zero-order chi connectivity index (χ0) is 16.9. The van der Waals surface area contributed by atoms with Gasteiger partial charge >= 0.3 is 0 Å². The lowest BCUT2D eigenvalue weighted by Gasteiger charge is -2.09. The number of hydrogen-bond acceptors (Lipinski definition) is 3. The second kappa shape index (κ2) is 7.30. The number of anilines is 1. The Hall–Kier alpha value is -2.31. The minimum absolute atomic E-state index is 0.106. The van der Waals surface area contributed by atoms with Crippen LogP contribution in [0.3, 0.4) is 0 Å². The number of halogens is 1. The van der Waals surface area contributed by atoms with Crippen molar-refractivity contribution >= 4 is 39.3 Å². The highest BCUT2D eigenvalue weighted by Crippen LogP contribution is 2.24. The highest BCUT2D eigenvalue weighted by molar-refractivity contribution is 7.92. The van der Waals surface area contributed by atoms with Gasteiger partial charge in [0.05, 0.1) is 15.6 Å². The van der Waals surface area contributed by atoms with Crippen LogP contribution in [0.25, 0.3) is 6.08 Å². The molecule has 0 aliphatic rings. The quantitative estimate of drug-likeness (QED) is 0.814. The number of carbonyl (C=O) groups is 1. The average molecular weight is 351 g/mol. The van der Waals surface area contributed by atoms with Crippen LogP contribution in [0.1, 0.15) is 5.56 Å². The average Bonchev–Trinajstić information content (AvgIpc) is 2.55. The van der Waals surface area contributed by atoms with Crippen molar-refractivity contribution in [3.8, 4) is 0 Å². The summed E-state index contributed by atoms with van der Waals surface area (Å²) in [4.78, 5) is 11.2. The Morgan fingerprint density at radius 3 is 2.35 bits per heavy atom. The Labute approximate surface area is 140 Å². The molecule has 0 heterocycles. The molecule has 0 aliphatic heterocycles. The lowest BCUT2D eigenvalue weighted by atomic mass is 10.2. The van der Waals surface area contributed by atoms with Crippen molar-refractivity contribution in [2.24, 2.45) is 0 Å². The fourth-order valence-electron chi connectivity index (χ4n) is 1.76. The molecule has 0 atom stereocenters. The number of para-hydroxylation sites is 1. The maximum absolute atomic E-state index is 12.3. The summed E-state index contributed by atoms with van der Waals surface area (Å²) in [5.74, 6) is -0.234. The molecule has 0 aromatic heterocycles. The fourth-order valence-corrected chi connectivity index (χ4v) is 3.08. The summed E-state index contributed by atoms with van der Waals surface area (Å²) in [6, 6.07) is 12.7. The van der Waals surface area contributed by atoms with Crippen molar-refractivity contribution < 1.29 is 13.2 Å². The largest absolute Gasteiger partial charge is 0.356 e. The number of amides is 1. The summed E-state index contributed by atoms with van der Waals surface area (Å²) < 4.78 is 27.1. The molecule has 0 saturated heterocycles. The Balaban J connectivity index is 2.19. The monoisotopic (exact) mass is 350 g/mol. The molecule has 0 fully saturated rings. The molecule has 0 spiro atoms. The normalized spacial score (nSPS) is 11.4. The third kappa shape index (κ3) is 4.58. The fraction of sp³-hybridized carbons (Fsp3) is 0.0625. The van der Waals surface area contributed by atoms with Gasteiger partial charge in [0.2, 0.25) is 5.91 Å². The highest BCUT2D eigenvalue weighted by atomic mass is 35.5. The van der Waals surface area contributed by atoms with Crippen molar-refractivity contribution in [3.05, 3.63) is 65.2 Å². The van der Waals surface area contributed by atoms with Gasteiger partial charge in [-0.3, -0.25) is 9.52 Å². The van der Waals surface area contributed by atoms with Gasteiger partial charge in [-0.1, -0.05) is 35.9 Å². The topological polar surface area (TPSA) is 75.3 Å². The molecule has 2 aromatic carbocycles. The number of nitrogens with one attached hydrogen (secondary N) is 2. The second-order valence-electron chi connectivity index (χ2n) is 4.60. The Morgan fingerprint density at radius 2 is 1.74 bits per heavy atom. The number of likely N-dealkylation sites (N-methyl/N-ethyl adjacent to an activating group) is 1. The molecular weight excluding hydrogens is 336 g/mol. The minimum Gasteiger partial charge on any atom is -0.356 e. The van der Waals surface area contributed by atoms with E-state index in [1.165, 1.54) is 25.3 Å². The van der Waals surface area contributed by atoms with Crippen molar-refractivity contribution in [2.75, 3.05) is 11.8 Å². The van der Waals surface area contributed by atoms with Crippen molar-refractivity contribution in [2.45, 2.75) is 4.90 Å². The van der Waals surface area contributed by atoms with Gasteiger partial charge in [0.25, 0.3) is 10.0 Å². The van der Waals surface area contributed by atoms with Crippen LogP contribution in [0.15, 0.2) is 59.5 Å². The van der Waals surface area contributed by atoms with Crippen LogP contribution in [0.5, 0.6) is 0 Å². The molecule has 5 nitrogen and oxygen atoms in total. The van der Waals surface area contributed by atoms with E-state index in [2.05, 4.69) is 10.0 Å². The second-order valence-corrected chi connectivity index (χ2v) is 6.69. The predicted octanol–water partition coefficient (Wildman–Crippen LogP) is 2.90. The number of carbonyl (C=O) groups excluding carboxylic acids is 1. The SMILES string of the molecule is CNC(=O)/C=C/c1ccc(S(=O)(=O)Nc2ccccc2Cl)cc1. The van der Waals surface area contributed by atoms with E-state index < -0.39 is 10.0 Å². The summed E-state index contributed by atoms with van der Waals surface area (Å²) in [6.07, 6.45) is 2.96. The Morgan fingerprint density at radius 1 is 1.09 bits per heavy atom. The first-order chi connectivity index (χ1) is 10.9. The van der Waals surface area contributed by atoms with Crippen LogP contribution < -0.4 is 10.0 Å². The van der Waals surface area contributed by atoms with E-state index in [1.807, 2.05) is 0 Å². The molecule has 1 amide bonds. The van der Waals surface area contributed by atoms with E-state index in [0.717, 1.165) is 0 Å². The molecule has 7 heteroatoms. The van der Waals surface area contributed by atoms with Crippen LogP contribution in [0.2, 0.25) is 5.02 Å². The Kier molecular flexibility index (Phi) is 5.41. The van der Waals surface area contributed by atoms with Gasteiger partial charge in [-0.25, -0.2) is 8.42 Å². The number of rotatable bonds is 5. The molecule has 0 saturated carbocycles. The van der Waals surface area contributed by atoms with Gasteiger partial charge in [-0.05, 0) is 35.9 Å². The summed E-state index contributed by atoms with van der Waals surface area (Å²) in [7, 11) is -2.20. The summed E-state index contributed by atoms with van der Waals surface area (Å²) in [5, 5.41) is 2.78. The van der Waals surface area contributed by atoms with Gasteiger partial charge in [-0.2, -0.15) is 0 Å². The van der Waals surface area contributed by atoms with Crippen molar-refractivity contribution in [1.29, 1.82) is 0 Å². The number of benzene rings is 2. The minimum atomic E-state index is -3.73. The molecule has 0 radical (unpaired) electrons. The lowest BCUT2D eigenvalue weighted by Crippen LogP contribution is -2.14. The van der Waals surface area contributed by atoms with Gasteiger partial charge in [0, 0.05) is 13.1 Å². The Bertz CT molecular complexity index is 831. The van der Waals surface area contributed by atoms with Crippen LogP contribution in [-0.4, -0.2) is 21.4 Å². The van der Waals surface area contributed by atoms with Crippen molar-refractivity contribution in [1.82, 2.24) is 5.32 Å². The summed E-state index contributed by atoms with van der Waals surface area (Å²) >= 11 is 5.95. The first-order valence-electron chi connectivity index (χ1n) is 6.69. The van der Waals surface area contributed by atoms with E-state index >= 15 is 0 Å². The number of sulfonamides is 1. The van der Waals surface area contributed by atoms with Crippen molar-refractivity contribution in [3.63, 3.8) is 0 Å². The molecular formula is C16H15ClN2O3S. The van der Waals surface area contributed by atoms with E-state index in [1.54, 1.807) is 42.5 Å². The third-order valence-electron chi connectivity index (χ3n) is 2.98. The van der Waals surface area contributed by atoms with E-state index in [9.17, 15) is 13.2 Å². The first-order valence-corrected chi connectivity index (χ1v) is 8.56. The zero-order valence-corrected chi connectivity index (χ0v) is 13.9. The van der Waals surface area contributed by atoms with E-state index in [4.69, 9.17) is 11.6 Å². The molecule has 23 heavy (non-hydrogen) atoms. The van der Waals surface area contributed by atoms with Gasteiger partial charge in [-0.15, -0.1) is 0 Å². The molecule has 2 rings (SSSR count). The van der Waals surface area contributed by atoms with Gasteiger partial charge in [0.1, 0.15) is 0 Å². The summed E-state index contributed by atoms with van der Waals surface area (Å²) in [6.45, 7) is 0. The van der Waals surface area contributed by atoms with E-state index in [0.29, 0.717) is 16.3 Å². The van der Waals surface area contributed by atoms with Crippen LogP contribution in [-0.2, 0) is 14.8 Å². The maximum atomic E-state index is 12.3.